The molecule has 0 atom stereocenters. The van der Waals surface area contributed by atoms with Gasteiger partial charge in [0.25, 0.3) is 11.8 Å². The monoisotopic (exact) mass is 535 g/mol. The van der Waals surface area contributed by atoms with Crippen LogP contribution in [0.25, 0.3) is 0 Å². The van der Waals surface area contributed by atoms with E-state index in [-0.39, 0.29) is 27.7 Å². The second-order valence-electron chi connectivity index (χ2n) is 7.46. The first-order valence-corrected chi connectivity index (χ1v) is 10.8. The number of amides is 2. The topological polar surface area (TPSA) is 102 Å². The number of halogens is 5. The first-order valence-electron chi connectivity index (χ1n) is 10.1. The molecule has 0 aliphatic carbocycles. The Hall–Kier alpha value is -4.02. The first-order chi connectivity index (χ1) is 17.0. The van der Waals surface area contributed by atoms with Crippen LogP contribution in [0.5, 0.6) is 5.75 Å². The molecule has 3 aromatic rings. The van der Waals surface area contributed by atoms with Crippen LogP contribution in [0.3, 0.4) is 0 Å². The van der Waals surface area contributed by atoms with Crippen molar-refractivity contribution < 1.29 is 32.3 Å². The quantitative estimate of drug-likeness (QED) is 0.191. The molecule has 0 aromatic heterocycles. The Bertz CT molecular complexity index is 1410. The number of nitrogens with zero attached hydrogens (tertiary/aromatic N) is 1. The van der Waals surface area contributed by atoms with Gasteiger partial charge in [0.15, 0.2) is 0 Å². The largest absolute Gasteiger partial charge is 0.423 e. The second-order valence-corrected chi connectivity index (χ2v) is 8.24. The van der Waals surface area contributed by atoms with Gasteiger partial charge in [0.05, 0.1) is 21.8 Å². The van der Waals surface area contributed by atoms with Gasteiger partial charge in [-0.1, -0.05) is 23.2 Å². The van der Waals surface area contributed by atoms with E-state index in [4.69, 9.17) is 33.7 Å². The molecule has 184 valence electrons. The molecule has 0 radical (unpaired) electrons. The smallest absolute Gasteiger partial charge is 0.416 e. The van der Waals surface area contributed by atoms with Crippen molar-refractivity contribution in [2.24, 2.45) is 0 Å². The number of anilines is 3. The lowest BCUT2D eigenvalue weighted by molar-refractivity contribution is -0.137. The van der Waals surface area contributed by atoms with Crippen LogP contribution < -0.4 is 20.7 Å². The molecule has 0 bridgehead atoms. The molecular weight excluding hydrogens is 522 g/mol. The van der Waals surface area contributed by atoms with Crippen LogP contribution in [0.1, 0.15) is 15.9 Å². The number of hydrogen-bond donors (Lipinski definition) is 2. The molecule has 0 saturated carbocycles. The number of carbonyl (C=O) groups excluding carboxylic acids is 3. The Labute approximate surface area is 211 Å². The third-order valence-corrected chi connectivity index (χ3v) is 5.69. The highest BCUT2D eigenvalue weighted by Crippen LogP contribution is 2.38. The van der Waals surface area contributed by atoms with Crippen LogP contribution in [0.4, 0.5) is 30.2 Å². The van der Waals surface area contributed by atoms with Crippen LogP contribution in [0.15, 0.2) is 77.5 Å². The minimum Gasteiger partial charge on any atom is -0.423 e. The van der Waals surface area contributed by atoms with Crippen molar-refractivity contribution in [2.45, 2.75) is 6.18 Å². The van der Waals surface area contributed by atoms with Gasteiger partial charge < -0.3 is 15.8 Å². The number of benzene rings is 3. The number of alkyl halides is 3. The van der Waals surface area contributed by atoms with E-state index in [0.717, 1.165) is 12.1 Å². The molecule has 3 aromatic carbocycles. The van der Waals surface area contributed by atoms with Crippen molar-refractivity contribution in [3.05, 3.63) is 93.6 Å². The number of nitrogens with one attached hydrogen (secondary N) is 1. The molecule has 3 N–H and O–H groups in total. The molecule has 0 unspecified atom stereocenters. The standard InChI is InChI=1S/C24H14Cl2F3N3O4/c25-17-10-3-13(24(27,28)29)11-18(17)32-21(33)19(26)20(22(32)34)31-15-6-1-12(2-7-15)23(35)36-16-8-4-14(30)5-9-16/h1-11,31H,30H2. The highest BCUT2D eigenvalue weighted by atomic mass is 35.5. The van der Waals surface area contributed by atoms with Gasteiger partial charge in [-0.3, -0.25) is 9.59 Å². The van der Waals surface area contributed by atoms with E-state index >= 15 is 0 Å². The van der Waals surface area contributed by atoms with Crippen molar-refractivity contribution in [3.8, 4) is 5.75 Å². The van der Waals surface area contributed by atoms with Crippen molar-refractivity contribution in [2.75, 3.05) is 16.0 Å². The van der Waals surface area contributed by atoms with Gasteiger partial charge in [0.1, 0.15) is 16.5 Å². The second kappa shape index (κ2) is 9.56. The third-order valence-electron chi connectivity index (χ3n) is 5.02. The number of hydrogen-bond acceptors (Lipinski definition) is 6. The molecule has 1 aliphatic heterocycles. The third kappa shape index (κ3) is 5.00. The van der Waals surface area contributed by atoms with Crippen molar-refractivity contribution in [3.63, 3.8) is 0 Å². The lowest BCUT2D eigenvalue weighted by atomic mass is 10.1. The number of esters is 1. The van der Waals surface area contributed by atoms with Crippen molar-refractivity contribution in [1.29, 1.82) is 0 Å². The summed E-state index contributed by atoms with van der Waals surface area (Å²) in [6.45, 7) is 0. The SMILES string of the molecule is Nc1ccc(OC(=O)c2ccc(NC3=C(Cl)C(=O)N(c4cc(C(F)(F)F)ccc4Cl)C3=O)cc2)cc1. The van der Waals surface area contributed by atoms with Gasteiger partial charge in [0.2, 0.25) is 0 Å². The summed E-state index contributed by atoms with van der Waals surface area (Å²) in [4.78, 5) is 38.3. The molecule has 0 fully saturated rings. The van der Waals surface area contributed by atoms with E-state index in [1.165, 1.54) is 36.4 Å². The number of carbonyl (C=O) groups is 3. The van der Waals surface area contributed by atoms with E-state index in [9.17, 15) is 27.6 Å². The first kappa shape index (κ1) is 25.1. The normalized spacial score (nSPS) is 13.9. The van der Waals surface area contributed by atoms with Crippen molar-refractivity contribution >= 4 is 58.0 Å². The molecular formula is C24H14Cl2F3N3O4. The van der Waals surface area contributed by atoms with Crippen LogP contribution >= 0.6 is 23.2 Å². The number of rotatable bonds is 5. The average molecular weight is 536 g/mol. The lowest BCUT2D eigenvalue weighted by Gasteiger charge is -2.18. The average Bonchev–Trinajstić information content (AvgIpc) is 3.03. The Morgan fingerprint density at radius 2 is 1.56 bits per heavy atom. The highest BCUT2D eigenvalue weighted by molar-refractivity contribution is 6.53. The summed E-state index contributed by atoms with van der Waals surface area (Å²) in [5.74, 6) is -2.41. The van der Waals surface area contributed by atoms with Crippen LogP contribution in [0.2, 0.25) is 5.02 Å². The zero-order chi connectivity index (χ0) is 26.2. The molecule has 7 nitrogen and oxygen atoms in total. The van der Waals surface area contributed by atoms with E-state index < -0.39 is 40.2 Å². The van der Waals surface area contributed by atoms with Crippen LogP contribution in [-0.4, -0.2) is 17.8 Å². The van der Waals surface area contributed by atoms with E-state index in [0.29, 0.717) is 16.7 Å². The number of nitrogens with two attached hydrogens (primary N) is 1. The summed E-state index contributed by atoms with van der Waals surface area (Å²) in [5, 5.41) is 1.87. The molecule has 0 saturated heterocycles. The predicted octanol–water partition coefficient (Wildman–Crippen LogP) is 5.60. The van der Waals surface area contributed by atoms with E-state index in [2.05, 4.69) is 5.32 Å². The molecule has 1 aliphatic rings. The molecule has 4 rings (SSSR count). The molecule has 1 heterocycles. The number of ether oxygens (including phenoxy) is 1. The van der Waals surface area contributed by atoms with Crippen LogP contribution in [0, 0.1) is 0 Å². The molecule has 2 amide bonds. The lowest BCUT2D eigenvalue weighted by Crippen LogP contribution is -2.32. The van der Waals surface area contributed by atoms with Gasteiger partial charge in [-0.15, -0.1) is 0 Å². The maximum atomic E-state index is 13.1. The number of imide groups is 1. The summed E-state index contributed by atoms with van der Waals surface area (Å²) in [7, 11) is 0. The zero-order valence-electron chi connectivity index (χ0n) is 17.9. The molecule has 36 heavy (non-hydrogen) atoms. The van der Waals surface area contributed by atoms with Gasteiger partial charge in [-0.25, -0.2) is 9.69 Å². The molecule has 12 heteroatoms. The van der Waals surface area contributed by atoms with Gasteiger partial charge in [0, 0.05) is 11.4 Å². The summed E-state index contributed by atoms with van der Waals surface area (Å²) in [6, 6.07) is 14.1. The summed E-state index contributed by atoms with van der Waals surface area (Å²) >= 11 is 12.0. The Morgan fingerprint density at radius 1 is 0.917 bits per heavy atom. The maximum Gasteiger partial charge on any atom is 0.416 e. The fourth-order valence-electron chi connectivity index (χ4n) is 3.23. The summed E-state index contributed by atoms with van der Waals surface area (Å²) < 4.78 is 44.6. The predicted molar refractivity (Wildman–Crippen MR) is 128 cm³/mol. The Morgan fingerprint density at radius 3 is 2.17 bits per heavy atom. The fraction of sp³-hybridized carbons (Fsp3) is 0.0417. The fourth-order valence-corrected chi connectivity index (χ4v) is 3.64. The van der Waals surface area contributed by atoms with E-state index in [1.54, 1.807) is 12.1 Å². The summed E-state index contributed by atoms with van der Waals surface area (Å²) in [5.41, 5.74) is 4.63. The summed E-state index contributed by atoms with van der Waals surface area (Å²) in [6.07, 6.45) is -4.72. The Kier molecular flexibility index (Phi) is 6.66. The van der Waals surface area contributed by atoms with Gasteiger partial charge >= 0.3 is 12.1 Å². The maximum absolute atomic E-state index is 13.1. The van der Waals surface area contributed by atoms with Gasteiger partial charge in [-0.2, -0.15) is 13.2 Å². The number of nitrogen functional groups attached to an aromatic ring is 1. The van der Waals surface area contributed by atoms with E-state index in [1.807, 2.05) is 0 Å². The highest BCUT2D eigenvalue weighted by Gasteiger charge is 2.41. The van der Waals surface area contributed by atoms with Crippen LogP contribution in [-0.2, 0) is 15.8 Å². The molecule has 0 spiro atoms. The van der Waals surface area contributed by atoms with Crippen molar-refractivity contribution in [1.82, 2.24) is 0 Å². The van der Waals surface area contributed by atoms with Gasteiger partial charge in [-0.05, 0) is 66.7 Å². The minimum absolute atomic E-state index is 0.184. The Balaban J connectivity index is 1.52. The minimum atomic E-state index is -4.72. The zero-order valence-corrected chi connectivity index (χ0v) is 19.4.